The summed E-state index contributed by atoms with van der Waals surface area (Å²) in [6, 6.07) is 8.71. The summed E-state index contributed by atoms with van der Waals surface area (Å²) in [5.41, 5.74) is 1.99. The minimum Gasteiger partial charge on any atom is -0.478 e. The lowest BCUT2D eigenvalue weighted by Crippen LogP contribution is -2.35. The van der Waals surface area contributed by atoms with Crippen LogP contribution in [0.1, 0.15) is 52.4 Å². The molecule has 1 atom stereocenters. The summed E-state index contributed by atoms with van der Waals surface area (Å²) in [6.07, 6.45) is 3.68. The lowest BCUT2D eigenvalue weighted by molar-refractivity contribution is -0.134. The van der Waals surface area contributed by atoms with Gasteiger partial charge in [0.05, 0.1) is 19.0 Å². The van der Waals surface area contributed by atoms with Gasteiger partial charge in [0.2, 0.25) is 11.8 Å². The molecule has 2 heterocycles. The Balaban J connectivity index is 1.77. The summed E-state index contributed by atoms with van der Waals surface area (Å²) in [6.45, 7) is 3.19. The predicted molar refractivity (Wildman–Crippen MR) is 102 cm³/mol. The summed E-state index contributed by atoms with van der Waals surface area (Å²) in [5, 5.41) is 9.13. The average Bonchev–Trinajstić information content (AvgIpc) is 3.02. The maximum atomic E-state index is 12.8. The minimum atomic E-state index is -1.07. The molecular weight excluding hydrogens is 360 g/mol. The summed E-state index contributed by atoms with van der Waals surface area (Å²) in [7, 11) is 1.63. The zero-order valence-corrected chi connectivity index (χ0v) is 16.0. The number of fused-ring (bicyclic) bond motifs is 1. The number of carboxylic acid groups (broad SMARTS) is 1. The molecule has 3 rings (SSSR count). The highest BCUT2D eigenvalue weighted by Crippen LogP contribution is 2.33. The van der Waals surface area contributed by atoms with Gasteiger partial charge in [-0.25, -0.2) is 4.79 Å². The van der Waals surface area contributed by atoms with Gasteiger partial charge < -0.3 is 19.3 Å². The second kappa shape index (κ2) is 7.72. The second-order valence-corrected chi connectivity index (χ2v) is 6.83. The number of carbonyl (C=O) groups excluding carboxylic acids is 2. The van der Waals surface area contributed by atoms with Crippen LogP contribution in [-0.2, 0) is 16.1 Å². The zero-order valence-electron chi connectivity index (χ0n) is 16.0. The average molecular weight is 382 g/mol. The monoisotopic (exact) mass is 382 g/mol. The Labute approximate surface area is 162 Å². The molecule has 2 aromatic rings. The van der Waals surface area contributed by atoms with E-state index in [2.05, 4.69) is 0 Å². The van der Waals surface area contributed by atoms with E-state index in [-0.39, 0.29) is 36.4 Å². The highest BCUT2D eigenvalue weighted by atomic mass is 16.4. The van der Waals surface area contributed by atoms with Gasteiger partial charge in [0.15, 0.2) is 0 Å². The third-order valence-electron chi connectivity index (χ3n) is 4.86. The molecule has 0 unspecified atom stereocenters. The van der Waals surface area contributed by atoms with E-state index < -0.39 is 5.97 Å². The fraction of sp³-hybridized carbons (Fsp3) is 0.286. The molecule has 1 aliphatic heterocycles. The minimum absolute atomic E-state index is 0.0879. The molecule has 7 nitrogen and oxygen atoms in total. The smallest absolute Gasteiger partial charge is 0.339 e. The first-order chi connectivity index (χ1) is 13.3. The van der Waals surface area contributed by atoms with Crippen molar-refractivity contribution in [2.45, 2.75) is 32.9 Å². The Morgan fingerprint density at radius 3 is 2.61 bits per heavy atom. The molecule has 7 heteroatoms. The molecule has 0 fully saturated rings. The molecule has 1 N–H and O–H groups in total. The molecule has 0 radical (unpaired) electrons. The SMILES string of the molecule is CC(=O)N1C=Cc2ccccc2[C@H]1CC(=O)N(C)Cc1cc(C(=O)O)c(C)o1. The van der Waals surface area contributed by atoms with Crippen molar-refractivity contribution in [3.8, 4) is 0 Å². The largest absolute Gasteiger partial charge is 0.478 e. The van der Waals surface area contributed by atoms with E-state index in [0.29, 0.717) is 11.5 Å². The lowest BCUT2D eigenvalue weighted by atomic mass is 9.93. The van der Waals surface area contributed by atoms with Gasteiger partial charge in [-0.15, -0.1) is 0 Å². The summed E-state index contributed by atoms with van der Waals surface area (Å²) >= 11 is 0. The molecule has 1 aromatic carbocycles. The number of aromatic carboxylic acids is 1. The maximum Gasteiger partial charge on any atom is 0.339 e. The molecule has 0 saturated carbocycles. The Morgan fingerprint density at radius 1 is 1.25 bits per heavy atom. The molecule has 0 spiro atoms. The number of hydrogen-bond acceptors (Lipinski definition) is 4. The molecular formula is C21H22N2O5. The van der Waals surface area contributed by atoms with Crippen LogP contribution in [0.5, 0.6) is 0 Å². The van der Waals surface area contributed by atoms with Gasteiger partial charge in [0.1, 0.15) is 17.1 Å². The number of benzene rings is 1. The van der Waals surface area contributed by atoms with Crippen LogP contribution in [0.4, 0.5) is 0 Å². The summed E-state index contributed by atoms with van der Waals surface area (Å²) < 4.78 is 5.45. The first-order valence-electron chi connectivity index (χ1n) is 8.90. The van der Waals surface area contributed by atoms with Crippen LogP contribution in [-0.4, -0.2) is 39.7 Å². The van der Waals surface area contributed by atoms with Crippen molar-refractivity contribution in [2.75, 3.05) is 7.05 Å². The number of hydrogen-bond donors (Lipinski definition) is 1. The van der Waals surface area contributed by atoms with E-state index in [1.807, 2.05) is 30.3 Å². The second-order valence-electron chi connectivity index (χ2n) is 6.83. The first kappa shape index (κ1) is 19.4. The van der Waals surface area contributed by atoms with Crippen molar-refractivity contribution in [3.05, 3.63) is 64.7 Å². The third kappa shape index (κ3) is 3.83. The van der Waals surface area contributed by atoms with Crippen molar-refractivity contribution in [1.29, 1.82) is 0 Å². The molecule has 28 heavy (non-hydrogen) atoms. The van der Waals surface area contributed by atoms with E-state index >= 15 is 0 Å². The number of aryl methyl sites for hydroxylation is 1. The van der Waals surface area contributed by atoms with Crippen LogP contribution in [0.15, 0.2) is 40.9 Å². The van der Waals surface area contributed by atoms with Gasteiger partial charge in [0, 0.05) is 20.2 Å². The van der Waals surface area contributed by atoms with E-state index in [1.165, 1.54) is 17.9 Å². The molecule has 2 amide bonds. The molecule has 146 valence electrons. The molecule has 0 bridgehead atoms. The Kier molecular flexibility index (Phi) is 5.35. The van der Waals surface area contributed by atoms with E-state index in [9.17, 15) is 14.4 Å². The Morgan fingerprint density at radius 2 is 1.96 bits per heavy atom. The third-order valence-corrected chi connectivity index (χ3v) is 4.86. The van der Waals surface area contributed by atoms with Gasteiger partial charge in [0.25, 0.3) is 0 Å². The number of rotatable bonds is 5. The van der Waals surface area contributed by atoms with Gasteiger partial charge in [-0.3, -0.25) is 9.59 Å². The zero-order chi connectivity index (χ0) is 20.4. The fourth-order valence-electron chi connectivity index (χ4n) is 3.39. The van der Waals surface area contributed by atoms with Crippen molar-refractivity contribution >= 4 is 23.9 Å². The quantitative estimate of drug-likeness (QED) is 0.857. The van der Waals surface area contributed by atoms with Gasteiger partial charge >= 0.3 is 5.97 Å². The highest BCUT2D eigenvalue weighted by molar-refractivity contribution is 5.88. The van der Waals surface area contributed by atoms with Crippen LogP contribution < -0.4 is 0 Å². The van der Waals surface area contributed by atoms with E-state index in [4.69, 9.17) is 9.52 Å². The van der Waals surface area contributed by atoms with E-state index in [0.717, 1.165) is 11.1 Å². The summed E-state index contributed by atoms with van der Waals surface area (Å²) in [4.78, 5) is 39.1. The maximum absolute atomic E-state index is 12.8. The van der Waals surface area contributed by atoms with Crippen LogP contribution in [0.25, 0.3) is 6.08 Å². The van der Waals surface area contributed by atoms with E-state index in [1.54, 1.807) is 25.1 Å². The number of furan rings is 1. The number of carbonyl (C=O) groups is 3. The van der Waals surface area contributed by atoms with Crippen molar-refractivity contribution in [2.24, 2.45) is 0 Å². The van der Waals surface area contributed by atoms with Crippen LogP contribution in [0, 0.1) is 6.92 Å². The molecule has 0 saturated heterocycles. The summed E-state index contributed by atoms with van der Waals surface area (Å²) in [5.74, 6) is -0.675. The van der Waals surface area contributed by atoms with Gasteiger partial charge in [-0.1, -0.05) is 24.3 Å². The number of carboxylic acids is 1. The van der Waals surface area contributed by atoms with Crippen molar-refractivity contribution in [3.63, 3.8) is 0 Å². The fourth-order valence-corrected chi connectivity index (χ4v) is 3.39. The van der Waals surface area contributed by atoms with Crippen LogP contribution in [0.2, 0.25) is 0 Å². The van der Waals surface area contributed by atoms with Gasteiger partial charge in [-0.05, 0) is 30.2 Å². The van der Waals surface area contributed by atoms with Crippen LogP contribution in [0.3, 0.4) is 0 Å². The topological polar surface area (TPSA) is 91.1 Å². The predicted octanol–water partition coefficient (Wildman–Crippen LogP) is 3.21. The number of amides is 2. The normalized spacial score (nSPS) is 15.2. The Bertz CT molecular complexity index is 959. The van der Waals surface area contributed by atoms with Crippen molar-refractivity contribution in [1.82, 2.24) is 9.80 Å². The molecule has 0 aliphatic carbocycles. The van der Waals surface area contributed by atoms with Crippen molar-refractivity contribution < 1.29 is 23.9 Å². The Hall–Kier alpha value is -3.35. The van der Waals surface area contributed by atoms with Crippen LogP contribution >= 0.6 is 0 Å². The molecule has 1 aliphatic rings. The number of nitrogens with zero attached hydrogens (tertiary/aromatic N) is 2. The lowest BCUT2D eigenvalue weighted by Gasteiger charge is -2.33. The first-order valence-corrected chi connectivity index (χ1v) is 8.90. The molecule has 1 aromatic heterocycles. The standard InChI is InChI=1S/C21H22N2O5/c1-13-18(21(26)27)10-16(28-13)12-22(3)20(25)11-19-17-7-5-4-6-15(17)8-9-23(19)14(2)24/h4-10,19H,11-12H2,1-3H3,(H,26,27)/t19-/m1/s1. The highest BCUT2D eigenvalue weighted by Gasteiger charge is 2.29. The van der Waals surface area contributed by atoms with Gasteiger partial charge in [-0.2, -0.15) is 0 Å².